The van der Waals surface area contributed by atoms with Crippen LogP contribution in [0.2, 0.25) is 0 Å². The zero-order chi connectivity index (χ0) is 18.1. The summed E-state index contributed by atoms with van der Waals surface area (Å²) in [7, 11) is 0. The van der Waals surface area contributed by atoms with Crippen LogP contribution in [0.15, 0.2) is 53.1 Å². The first kappa shape index (κ1) is 15.9. The van der Waals surface area contributed by atoms with Crippen molar-refractivity contribution in [3.05, 3.63) is 59.9 Å². The Kier molecular flexibility index (Phi) is 3.89. The first-order chi connectivity index (χ1) is 12.6. The number of fused-ring (bicyclic) bond motifs is 1. The molecule has 0 radical (unpaired) electrons. The average molecular weight is 349 g/mol. The number of carbonyl (C=O) groups excluding carboxylic acids is 2. The highest BCUT2D eigenvalue weighted by atomic mass is 16.5. The van der Waals surface area contributed by atoms with Crippen LogP contribution >= 0.6 is 0 Å². The van der Waals surface area contributed by atoms with Crippen molar-refractivity contribution in [2.24, 2.45) is 0 Å². The van der Waals surface area contributed by atoms with Gasteiger partial charge in [-0.3, -0.25) is 9.59 Å². The fraction of sp³-hybridized carbons (Fsp3) is 0.105. The van der Waals surface area contributed by atoms with Gasteiger partial charge in [0.2, 0.25) is 5.76 Å². The van der Waals surface area contributed by atoms with Gasteiger partial charge in [0, 0.05) is 17.3 Å². The minimum atomic E-state index is -0.432. The van der Waals surface area contributed by atoms with E-state index in [0.29, 0.717) is 22.8 Å². The molecule has 7 nitrogen and oxygen atoms in total. The van der Waals surface area contributed by atoms with Gasteiger partial charge in [0.15, 0.2) is 6.61 Å². The van der Waals surface area contributed by atoms with Crippen LogP contribution in [-0.2, 0) is 4.79 Å². The average Bonchev–Trinajstić information content (AvgIpc) is 3.12. The van der Waals surface area contributed by atoms with Gasteiger partial charge in [-0.15, -0.1) is 0 Å². The zero-order valence-electron chi connectivity index (χ0n) is 13.9. The van der Waals surface area contributed by atoms with E-state index in [4.69, 9.17) is 9.26 Å². The molecule has 1 aliphatic rings. The number of anilines is 2. The van der Waals surface area contributed by atoms with Gasteiger partial charge < -0.3 is 19.9 Å². The molecule has 1 aromatic heterocycles. The van der Waals surface area contributed by atoms with E-state index in [0.717, 1.165) is 11.1 Å². The number of carbonyl (C=O) groups is 2. The predicted molar refractivity (Wildman–Crippen MR) is 95.2 cm³/mol. The lowest BCUT2D eigenvalue weighted by molar-refractivity contribution is -0.118. The maximum atomic E-state index is 12.4. The van der Waals surface area contributed by atoms with Gasteiger partial charge in [-0.05, 0) is 25.1 Å². The molecule has 2 heterocycles. The molecule has 2 aromatic carbocycles. The summed E-state index contributed by atoms with van der Waals surface area (Å²) in [6, 6.07) is 14.3. The minimum absolute atomic E-state index is 0.0153. The first-order valence-electron chi connectivity index (χ1n) is 8.00. The van der Waals surface area contributed by atoms with Crippen molar-refractivity contribution >= 4 is 23.2 Å². The lowest BCUT2D eigenvalue weighted by atomic mass is 10.1. The fourth-order valence-electron chi connectivity index (χ4n) is 2.60. The molecule has 7 heteroatoms. The van der Waals surface area contributed by atoms with Crippen LogP contribution in [-0.4, -0.2) is 23.6 Å². The number of nitrogens with zero attached hydrogens (tertiary/aromatic N) is 1. The van der Waals surface area contributed by atoms with Crippen LogP contribution < -0.4 is 15.4 Å². The molecule has 0 saturated carbocycles. The number of rotatable bonds is 3. The Morgan fingerprint density at radius 3 is 2.77 bits per heavy atom. The summed E-state index contributed by atoms with van der Waals surface area (Å²) >= 11 is 0. The van der Waals surface area contributed by atoms with E-state index in [2.05, 4.69) is 15.8 Å². The van der Waals surface area contributed by atoms with Gasteiger partial charge in [0.05, 0.1) is 5.69 Å². The summed E-state index contributed by atoms with van der Waals surface area (Å²) in [4.78, 5) is 23.8. The molecular weight excluding hydrogens is 334 g/mol. The second-order valence-corrected chi connectivity index (χ2v) is 5.94. The fourth-order valence-corrected chi connectivity index (χ4v) is 2.60. The van der Waals surface area contributed by atoms with Gasteiger partial charge in [-0.25, -0.2) is 0 Å². The van der Waals surface area contributed by atoms with Crippen LogP contribution in [0, 0.1) is 6.92 Å². The standard InChI is InChI=1S/C19H15N3O4/c1-11-2-4-12(5-3-11)14-9-17(26-22-14)19(24)20-13-6-7-16-15(8-13)21-18(23)10-25-16/h2-9H,10H2,1H3,(H,20,24)(H,21,23). The predicted octanol–water partition coefficient (Wildman–Crippen LogP) is 3.23. The molecule has 0 unspecified atom stereocenters. The highest BCUT2D eigenvalue weighted by Crippen LogP contribution is 2.30. The van der Waals surface area contributed by atoms with Crippen LogP contribution in [0.1, 0.15) is 16.1 Å². The van der Waals surface area contributed by atoms with Crippen molar-refractivity contribution in [3.8, 4) is 17.0 Å². The molecule has 4 rings (SSSR count). The Bertz CT molecular complexity index is 992. The van der Waals surface area contributed by atoms with Crippen LogP contribution in [0.25, 0.3) is 11.3 Å². The number of amides is 2. The molecule has 130 valence electrons. The molecule has 0 bridgehead atoms. The van der Waals surface area contributed by atoms with E-state index < -0.39 is 5.91 Å². The summed E-state index contributed by atoms with van der Waals surface area (Å²) in [5.41, 5.74) is 3.61. The lowest BCUT2D eigenvalue weighted by Crippen LogP contribution is -2.25. The Morgan fingerprint density at radius 2 is 1.96 bits per heavy atom. The zero-order valence-corrected chi connectivity index (χ0v) is 13.9. The Hall–Kier alpha value is -3.61. The Labute approximate surface area is 149 Å². The van der Waals surface area contributed by atoms with Crippen LogP contribution in [0.5, 0.6) is 5.75 Å². The molecule has 0 atom stereocenters. The number of hydrogen-bond acceptors (Lipinski definition) is 5. The van der Waals surface area contributed by atoms with E-state index in [-0.39, 0.29) is 18.3 Å². The quantitative estimate of drug-likeness (QED) is 0.757. The van der Waals surface area contributed by atoms with Crippen molar-refractivity contribution in [1.29, 1.82) is 0 Å². The van der Waals surface area contributed by atoms with Gasteiger partial charge in [-0.1, -0.05) is 35.0 Å². The molecule has 3 aromatic rings. The molecule has 0 fully saturated rings. The molecule has 0 aliphatic carbocycles. The normalized spacial score (nSPS) is 12.7. The Morgan fingerprint density at radius 1 is 1.15 bits per heavy atom. The van der Waals surface area contributed by atoms with E-state index in [1.165, 1.54) is 0 Å². The van der Waals surface area contributed by atoms with E-state index in [9.17, 15) is 9.59 Å². The lowest BCUT2D eigenvalue weighted by Gasteiger charge is -2.18. The summed E-state index contributed by atoms with van der Waals surface area (Å²) in [6.07, 6.45) is 0. The number of hydrogen-bond donors (Lipinski definition) is 2. The summed E-state index contributed by atoms with van der Waals surface area (Å²) in [5, 5.41) is 9.36. The van der Waals surface area contributed by atoms with Crippen molar-refractivity contribution in [1.82, 2.24) is 5.16 Å². The first-order valence-corrected chi connectivity index (χ1v) is 8.00. The van der Waals surface area contributed by atoms with E-state index in [1.807, 2.05) is 31.2 Å². The molecule has 1 aliphatic heterocycles. The number of benzene rings is 2. The number of nitrogens with one attached hydrogen (secondary N) is 2. The van der Waals surface area contributed by atoms with Crippen molar-refractivity contribution < 1.29 is 18.8 Å². The number of aromatic nitrogens is 1. The van der Waals surface area contributed by atoms with Gasteiger partial charge >= 0.3 is 0 Å². The van der Waals surface area contributed by atoms with Crippen LogP contribution in [0.4, 0.5) is 11.4 Å². The van der Waals surface area contributed by atoms with Crippen LogP contribution in [0.3, 0.4) is 0 Å². The van der Waals surface area contributed by atoms with E-state index in [1.54, 1.807) is 24.3 Å². The monoisotopic (exact) mass is 349 g/mol. The van der Waals surface area contributed by atoms with Gasteiger partial charge in [-0.2, -0.15) is 0 Å². The molecule has 2 amide bonds. The van der Waals surface area contributed by atoms with Crippen molar-refractivity contribution in [3.63, 3.8) is 0 Å². The molecule has 0 spiro atoms. The highest BCUT2D eigenvalue weighted by molar-refractivity contribution is 6.03. The Balaban J connectivity index is 1.51. The SMILES string of the molecule is Cc1ccc(-c2cc(C(=O)Nc3ccc4c(c3)NC(=O)CO4)on2)cc1. The topological polar surface area (TPSA) is 93.5 Å². The number of ether oxygens (including phenoxy) is 1. The maximum absolute atomic E-state index is 12.4. The molecule has 26 heavy (non-hydrogen) atoms. The maximum Gasteiger partial charge on any atom is 0.294 e. The molecule has 2 N–H and O–H groups in total. The summed E-state index contributed by atoms with van der Waals surface area (Å²) < 4.78 is 10.4. The third-order valence-electron chi connectivity index (χ3n) is 3.95. The van der Waals surface area contributed by atoms with E-state index >= 15 is 0 Å². The smallest absolute Gasteiger partial charge is 0.294 e. The van der Waals surface area contributed by atoms with Gasteiger partial charge in [0.25, 0.3) is 11.8 Å². The number of aryl methyl sites for hydroxylation is 1. The largest absolute Gasteiger partial charge is 0.482 e. The highest BCUT2D eigenvalue weighted by Gasteiger charge is 2.18. The molecule has 0 saturated heterocycles. The minimum Gasteiger partial charge on any atom is -0.482 e. The second kappa shape index (κ2) is 6.36. The van der Waals surface area contributed by atoms with Crippen molar-refractivity contribution in [2.45, 2.75) is 6.92 Å². The molecular formula is C19H15N3O4. The summed E-state index contributed by atoms with van der Waals surface area (Å²) in [5.74, 6) is -0.0136. The second-order valence-electron chi connectivity index (χ2n) is 5.94. The van der Waals surface area contributed by atoms with Crippen molar-refractivity contribution in [2.75, 3.05) is 17.2 Å². The third-order valence-corrected chi connectivity index (χ3v) is 3.95. The van der Waals surface area contributed by atoms with Gasteiger partial charge in [0.1, 0.15) is 11.4 Å². The summed E-state index contributed by atoms with van der Waals surface area (Å²) in [6.45, 7) is 1.98. The third kappa shape index (κ3) is 3.14.